The van der Waals surface area contributed by atoms with E-state index in [-0.39, 0.29) is 11.3 Å². The average Bonchev–Trinajstić information content (AvgIpc) is 3.40. The van der Waals surface area contributed by atoms with Gasteiger partial charge in [0.1, 0.15) is 6.04 Å². The van der Waals surface area contributed by atoms with E-state index in [1.807, 2.05) is 17.0 Å². The van der Waals surface area contributed by atoms with E-state index in [4.69, 9.17) is 0 Å². The number of aliphatic carboxylic acids is 1. The molecule has 1 aromatic rings. The average molecular weight is 343 g/mol. The van der Waals surface area contributed by atoms with Gasteiger partial charge in [-0.05, 0) is 49.1 Å². The van der Waals surface area contributed by atoms with Crippen molar-refractivity contribution in [3.8, 4) is 0 Å². The molecular formula is C19H25N3O3. The van der Waals surface area contributed by atoms with E-state index in [2.05, 4.69) is 9.88 Å². The predicted molar refractivity (Wildman–Crippen MR) is 91.7 cm³/mol. The quantitative estimate of drug-likeness (QED) is 0.902. The van der Waals surface area contributed by atoms with Crippen molar-refractivity contribution >= 4 is 11.9 Å². The Morgan fingerprint density at radius 1 is 1.28 bits per heavy atom. The molecule has 0 bridgehead atoms. The molecule has 4 rings (SSSR count). The number of carboxylic acid groups (broad SMARTS) is 1. The Kier molecular flexibility index (Phi) is 4.23. The summed E-state index contributed by atoms with van der Waals surface area (Å²) in [5.41, 5.74) is 1.08. The summed E-state index contributed by atoms with van der Waals surface area (Å²) in [5.74, 6) is -0.154. The topological polar surface area (TPSA) is 73.7 Å². The van der Waals surface area contributed by atoms with Gasteiger partial charge in [-0.15, -0.1) is 0 Å². The lowest BCUT2D eigenvalue weighted by atomic mass is 9.76. The van der Waals surface area contributed by atoms with Crippen molar-refractivity contribution in [2.45, 2.75) is 44.7 Å². The molecule has 1 aromatic heterocycles. The molecule has 3 fully saturated rings. The second kappa shape index (κ2) is 6.41. The second-order valence-electron chi connectivity index (χ2n) is 7.92. The Morgan fingerprint density at radius 3 is 2.64 bits per heavy atom. The molecule has 3 heterocycles. The number of hydrogen-bond acceptors (Lipinski definition) is 4. The summed E-state index contributed by atoms with van der Waals surface area (Å²) in [6.07, 6.45) is 8.14. The van der Waals surface area contributed by atoms with Crippen LogP contribution < -0.4 is 0 Å². The van der Waals surface area contributed by atoms with Crippen LogP contribution in [0.2, 0.25) is 0 Å². The summed E-state index contributed by atoms with van der Waals surface area (Å²) in [4.78, 5) is 32.3. The lowest BCUT2D eigenvalue weighted by molar-refractivity contribution is -0.142. The molecule has 2 saturated heterocycles. The standard InChI is InChI=1S/C19H25N3O3/c23-17(15-3-4-15)21-8-5-19(6-9-21)10-16(18(24)25)22(13-19)12-14-2-1-7-20-11-14/h1-2,7,11,15-16H,3-6,8-10,12-13H2,(H,24,25). The van der Waals surface area contributed by atoms with Gasteiger partial charge in [-0.1, -0.05) is 6.07 Å². The highest BCUT2D eigenvalue weighted by molar-refractivity contribution is 5.81. The van der Waals surface area contributed by atoms with Gasteiger partial charge in [-0.25, -0.2) is 0 Å². The number of amides is 1. The van der Waals surface area contributed by atoms with E-state index in [0.717, 1.165) is 50.9 Å². The predicted octanol–water partition coefficient (Wildman–Crippen LogP) is 1.76. The summed E-state index contributed by atoms with van der Waals surface area (Å²) < 4.78 is 0. The fourth-order valence-corrected chi connectivity index (χ4v) is 4.43. The first-order valence-electron chi connectivity index (χ1n) is 9.21. The summed E-state index contributed by atoms with van der Waals surface area (Å²) in [6, 6.07) is 3.44. The van der Waals surface area contributed by atoms with E-state index in [1.54, 1.807) is 12.4 Å². The Balaban J connectivity index is 1.43. The fourth-order valence-electron chi connectivity index (χ4n) is 4.43. The number of likely N-dealkylation sites (tertiary alicyclic amines) is 2. The summed E-state index contributed by atoms with van der Waals surface area (Å²) in [5, 5.41) is 9.68. The molecule has 1 spiro atoms. The molecule has 1 atom stereocenters. The highest BCUT2D eigenvalue weighted by Gasteiger charge is 2.49. The van der Waals surface area contributed by atoms with E-state index in [9.17, 15) is 14.7 Å². The Bertz CT molecular complexity index is 651. The molecule has 0 radical (unpaired) electrons. The van der Waals surface area contributed by atoms with E-state index < -0.39 is 12.0 Å². The van der Waals surface area contributed by atoms with E-state index in [0.29, 0.717) is 18.9 Å². The van der Waals surface area contributed by atoms with Crippen molar-refractivity contribution in [3.05, 3.63) is 30.1 Å². The van der Waals surface area contributed by atoms with Crippen LogP contribution >= 0.6 is 0 Å². The van der Waals surface area contributed by atoms with Crippen LogP contribution in [0, 0.1) is 11.3 Å². The van der Waals surface area contributed by atoms with Crippen LogP contribution in [-0.4, -0.2) is 57.4 Å². The monoisotopic (exact) mass is 343 g/mol. The normalized spacial score (nSPS) is 26.1. The Morgan fingerprint density at radius 2 is 2.04 bits per heavy atom. The number of pyridine rings is 1. The minimum atomic E-state index is -0.739. The highest BCUT2D eigenvalue weighted by Crippen LogP contribution is 2.44. The van der Waals surface area contributed by atoms with Gasteiger partial charge in [0.15, 0.2) is 0 Å². The lowest BCUT2D eigenvalue weighted by Gasteiger charge is -2.39. The second-order valence-corrected chi connectivity index (χ2v) is 7.92. The molecule has 134 valence electrons. The number of rotatable bonds is 4. The fraction of sp³-hybridized carbons (Fsp3) is 0.632. The van der Waals surface area contributed by atoms with Crippen LogP contribution in [0.4, 0.5) is 0 Å². The van der Waals surface area contributed by atoms with E-state index in [1.165, 1.54) is 0 Å². The van der Waals surface area contributed by atoms with Crippen molar-refractivity contribution < 1.29 is 14.7 Å². The first kappa shape index (κ1) is 16.5. The van der Waals surface area contributed by atoms with Gasteiger partial charge in [0.2, 0.25) is 5.91 Å². The van der Waals surface area contributed by atoms with Gasteiger partial charge in [0.05, 0.1) is 0 Å². The zero-order valence-electron chi connectivity index (χ0n) is 14.4. The summed E-state index contributed by atoms with van der Waals surface area (Å²) in [6.45, 7) is 2.98. The molecule has 1 saturated carbocycles. The van der Waals surface area contributed by atoms with Crippen LogP contribution in [0.1, 0.15) is 37.7 Å². The molecule has 1 amide bonds. The van der Waals surface area contributed by atoms with Gasteiger partial charge in [-0.3, -0.25) is 19.5 Å². The number of hydrogen-bond donors (Lipinski definition) is 1. The number of aromatic nitrogens is 1. The van der Waals surface area contributed by atoms with Crippen LogP contribution in [0.15, 0.2) is 24.5 Å². The highest BCUT2D eigenvalue weighted by atomic mass is 16.4. The summed E-state index contributed by atoms with van der Waals surface area (Å²) in [7, 11) is 0. The number of carbonyl (C=O) groups excluding carboxylic acids is 1. The number of carbonyl (C=O) groups is 2. The molecule has 1 aliphatic carbocycles. The van der Waals surface area contributed by atoms with Crippen molar-refractivity contribution in [2.75, 3.05) is 19.6 Å². The maximum atomic E-state index is 12.3. The van der Waals surface area contributed by atoms with Gasteiger partial charge in [-0.2, -0.15) is 0 Å². The molecule has 0 aromatic carbocycles. The minimum absolute atomic E-state index is 0.0333. The molecule has 6 nitrogen and oxygen atoms in total. The third kappa shape index (κ3) is 3.40. The van der Waals surface area contributed by atoms with Crippen LogP contribution in [0.5, 0.6) is 0 Å². The van der Waals surface area contributed by atoms with Gasteiger partial charge >= 0.3 is 5.97 Å². The number of piperidine rings is 1. The van der Waals surface area contributed by atoms with Crippen molar-refractivity contribution in [1.82, 2.24) is 14.8 Å². The molecule has 3 aliphatic rings. The smallest absolute Gasteiger partial charge is 0.320 e. The molecule has 6 heteroatoms. The van der Waals surface area contributed by atoms with Crippen LogP contribution in [0.25, 0.3) is 0 Å². The van der Waals surface area contributed by atoms with Crippen molar-refractivity contribution in [3.63, 3.8) is 0 Å². The molecule has 1 N–H and O–H groups in total. The first-order chi connectivity index (χ1) is 12.1. The Hall–Kier alpha value is -1.95. The third-order valence-corrected chi connectivity index (χ3v) is 6.06. The molecular weight excluding hydrogens is 318 g/mol. The number of nitrogens with zero attached hydrogens (tertiary/aromatic N) is 3. The number of carboxylic acids is 1. The van der Waals surface area contributed by atoms with Crippen LogP contribution in [-0.2, 0) is 16.1 Å². The zero-order chi connectivity index (χ0) is 17.4. The SMILES string of the molecule is O=C(O)C1CC2(CCN(C(=O)C3CC3)CC2)CN1Cc1cccnc1. The van der Waals surface area contributed by atoms with Crippen LogP contribution in [0.3, 0.4) is 0 Å². The van der Waals surface area contributed by atoms with E-state index >= 15 is 0 Å². The minimum Gasteiger partial charge on any atom is -0.480 e. The Labute approximate surface area is 147 Å². The molecule has 1 unspecified atom stereocenters. The third-order valence-electron chi connectivity index (χ3n) is 6.06. The first-order valence-corrected chi connectivity index (χ1v) is 9.21. The van der Waals surface area contributed by atoms with Crippen molar-refractivity contribution in [1.29, 1.82) is 0 Å². The molecule has 2 aliphatic heterocycles. The van der Waals surface area contributed by atoms with Gasteiger partial charge in [0.25, 0.3) is 0 Å². The summed E-state index contributed by atoms with van der Waals surface area (Å²) >= 11 is 0. The van der Waals surface area contributed by atoms with Crippen molar-refractivity contribution in [2.24, 2.45) is 11.3 Å². The largest absolute Gasteiger partial charge is 0.480 e. The zero-order valence-corrected chi connectivity index (χ0v) is 14.4. The lowest BCUT2D eigenvalue weighted by Crippen LogP contribution is -2.44. The van der Waals surface area contributed by atoms with Gasteiger partial charge in [0, 0.05) is 44.5 Å². The van der Waals surface area contributed by atoms with Gasteiger partial charge < -0.3 is 10.0 Å². The molecule has 25 heavy (non-hydrogen) atoms. The maximum Gasteiger partial charge on any atom is 0.320 e. The maximum absolute atomic E-state index is 12.3.